The number of carbonyl (C=O) groups is 3. The van der Waals surface area contributed by atoms with Gasteiger partial charge in [-0.15, -0.1) is 0 Å². The fourth-order valence-corrected chi connectivity index (χ4v) is 7.43. The van der Waals surface area contributed by atoms with E-state index in [2.05, 4.69) is 15.7 Å². The molecule has 1 saturated heterocycles. The standard InChI is InChI=1S/C30H45N5O6/c1-18(2)17-40-27-23(16-32-35(27)8-7-29(3,4)34-25(36)20-5-9-39-10-6-20)26(37)33-24-21-11-19-12-22(24)15-30(13-19,14-21)41-28(31)38/h7-8,16,18-22,24H,5-6,9-15,17H2,1-4H3,(H2,31,38)(H,33,37)(H,34,36)/b8-7+/t19?,21?,22?,24-,30-. The van der Waals surface area contributed by atoms with Crippen LogP contribution in [0, 0.1) is 29.6 Å². The molecular weight excluding hydrogens is 526 g/mol. The fraction of sp³-hybridized carbons (Fsp3) is 0.733. The molecule has 226 valence electrons. The minimum Gasteiger partial charge on any atom is -0.477 e. The van der Waals surface area contributed by atoms with Crippen molar-refractivity contribution in [2.24, 2.45) is 35.3 Å². The van der Waals surface area contributed by atoms with Crippen molar-refractivity contribution in [3.8, 4) is 5.88 Å². The van der Waals surface area contributed by atoms with E-state index in [4.69, 9.17) is 19.9 Å². The summed E-state index contributed by atoms with van der Waals surface area (Å²) in [6, 6.07) is -0.000162. The van der Waals surface area contributed by atoms with Crippen molar-refractivity contribution < 1.29 is 28.6 Å². The molecule has 1 aromatic heterocycles. The molecule has 4 bridgehead atoms. The third-order valence-corrected chi connectivity index (χ3v) is 9.05. The number of nitrogens with one attached hydrogen (secondary N) is 2. The molecule has 4 saturated carbocycles. The van der Waals surface area contributed by atoms with Gasteiger partial charge in [0.2, 0.25) is 11.8 Å². The zero-order chi connectivity index (χ0) is 29.4. The number of nitrogens with two attached hydrogens (primary N) is 1. The molecule has 2 unspecified atom stereocenters. The van der Waals surface area contributed by atoms with Gasteiger partial charge >= 0.3 is 6.09 Å². The lowest BCUT2D eigenvalue weighted by Gasteiger charge is -2.58. The van der Waals surface area contributed by atoms with Crippen LogP contribution in [0.25, 0.3) is 6.20 Å². The largest absolute Gasteiger partial charge is 0.477 e. The number of ether oxygens (including phenoxy) is 3. The van der Waals surface area contributed by atoms with Crippen LogP contribution in [0.5, 0.6) is 5.88 Å². The van der Waals surface area contributed by atoms with Gasteiger partial charge < -0.3 is 30.6 Å². The lowest BCUT2D eigenvalue weighted by molar-refractivity contribution is -0.137. The van der Waals surface area contributed by atoms with Crippen LogP contribution in [0.4, 0.5) is 4.79 Å². The summed E-state index contributed by atoms with van der Waals surface area (Å²) >= 11 is 0. The highest BCUT2D eigenvalue weighted by Gasteiger charge is 2.57. The van der Waals surface area contributed by atoms with E-state index < -0.39 is 17.2 Å². The molecule has 5 fully saturated rings. The van der Waals surface area contributed by atoms with Crippen molar-refractivity contribution in [2.75, 3.05) is 19.8 Å². The third-order valence-electron chi connectivity index (χ3n) is 9.05. The summed E-state index contributed by atoms with van der Waals surface area (Å²) in [5.41, 5.74) is 4.64. The molecule has 0 aromatic carbocycles. The van der Waals surface area contributed by atoms with Crippen molar-refractivity contribution >= 4 is 24.1 Å². The molecule has 0 spiro atoms. The van der Waals surface area contributed by atoms with E-state index in [9.17, 15) is 14.4 Å². The highest BCUT2D eigenvalue weighted by molar-refractivity contribution is 5.96. The van der Waals surface area contributed by atoms with E-state index >= 15 is 0 Å². The Morgan fingerprint density at radius 3 is 2.51 bits per heavy atom. The van der Waals surface area contributed by atoms with Gasteiger partial charge in [0, 0.05) is 31.4 Å². The number of nitrogens with zero attached hydrogens (tertiary/aromatic N) is 2. The van der Waals surface area contributed by atoms with Gasteiger partial charge in [0.15, 0.2) is 0 Å². The van der Waals surface area contributed by atoms with Crippen molar-refractivity contribution in [3.05, 3.63) is 17.8 Å². The molecule has 5 aliphatic rings. The van der Waals surface area contributed by atoms with Crippen LogP contribution < -0.4 is 21.1 Å². The second-order valence-corrected chi connectivity index (χ2v) is 13.5. The van der Waals surface area contributed by atoms with E-state index in [1.54, 1.807) is 10.9 Å². The quantitative estimate of drug-likeness (QED) is 0.390. The maximum Gasteiger partial charge on any atom is 0.405 e. The molecule has 4 aliphatic carbocycles. The minimum atomic E-state index is -0.716. The van der Waals surface area contributed by atoms with Crippen LogP contribution in [0.15, 0.2) is 12.3 Å². The zero-order valence-electron chi connectivity index (χ0n) is 24.7. The van der Waals surface area contributed by atoms with Gasteiger partial charge in [-0.25, -0.2) is 9.48 Å². The van der Waals surface area contributed by atoms with Crippen LogP contribution in [0.3, 0.4) is 0 Å². The van der Waals surface area contributed by atoms with Crippen molar-refractivity contribution in [1.29, 1.82) is 0 Å². The molecule has 3 amide bonds. The summed E-state index contributed by atoms with van der Waals surface area (Å²) in [6.45, 7) is 9.57. The Morgan fingerprint density at radius 1 is 1.20 bits per heavy atom. The van der Waals surface area contributed by atoms with Gasteiger partial charge in [0.1, 0.15) is 11.2 Å². The lowest BCUT2D eigenvalue weighted by Crippen LogP contribution is -2.63. The Balaban J connectivity index is 1.29. The van der Waals surface area contributed by atoms with Gasteiger partial charge in [-0.05, 0) is 88.5 Å². The minimum absolute atomic E-state index is 0.000162. The summed E-state index contributed by atoms with van der Waals surface area (Å²) in [6.07, 6.45) is 10.2. The van der Waals surface area contributed by atoms with Crippen molar-refractivity contribution in [3.63, 3.8) is 0 Å². The first-order valence-electron chi connectivity index (χ1n) is 15.0. The molecule has 1 aliphatic heterocycles. The summed E-state index contributed by atoms with van der Waals surface area (Å²) in [4.78, 5) is 38.0. The second-order valence-electron chi connectivity index (χ2n) is 13.5. The van der Waals surface area contributed by atoms with Gasteiger partial charge in [-0.1, -0.05) is 13.8 Å². The summed E-state index contributed by atoms with van der Waals surface area (Å²) < 4.78 is 18.7. The third kappa shape index (κ3) is 6.71. The number of rotatable bonds is 10. The Morgan fingerprint density at radius 2 is 1.88 bits per heavy atom. The smallest absolute Gasteiger partial charge is 0.405 e. The molecule has 6 rings (SSSR count). The number of carbonyl (C=O) groups excluding carboxylic acids is 3. The van der Waals surface area contributed by atoms with Crippen LogP contribution in [-0.2, 0) is 14.3 Å². The van der Waals surface area contributed by atoms with Crippen molar-refractivity contribution in [1.82, 2.24) is 20.4 Å². The molecule has 2 atom stereocenters. The van der Waals surface area contributed by atoms with E-state index in [0.717, 1.165) is 44.9 Å². The predicted molar refractivity (Wildman–Crippen MR) is 152 cm³/mol. The topological polar surface area (TPSA) is 147 Å². The lowest BCUT2D eigenvalue weighted by atomic mass is 9.52. The summed E-state index contributed by atoms with van der Waals surface area (Å²) in [5.74, 6) is 1.32. The molecule has 41 heavy (non-hydrogen) atoms. The maximum absolute atomic E-state index is 13.7. The molecule has 11 nitrogen and oxygen atoms in total. The molecule has 11 heteroatoms. The highest BCUT2D eigenvalue weighted by Crippen LogP contribution is 2.57. The Hall–Kier alpha value is -3.08. The SMILES string of the molecule is CC(C)COc1c(C(=O)N[C@H]2C3CC4CC2C[C@](OC(N)=O)(C4)C3)cnn1/C=C/C(C)(C)NC(=O)C1CCOCC1. The van der Waals surface area contributed by atoms with Gasteiger partial charge in [0.25, 0.3) is 5.91 Å². The average Bonchev–Trinajstić information content (AvgIpc) is 3.30. The maximum atomic E-state index is 13.7. The number of aromatic nitrogens is 2. The Labute approximate surface area is 241 Å². The summed E-state index contributed by atoms with van der Waals surface area (Å²) in [7, 11) is 0. The molecule has 0 radical (unpaired) electrons. The number of amides is 3. The molecule has 4 N–H and O–H groups in total. The van der Waals surface area contributed by atoms with E-state index in [1.165, 1.54) is 6.20 Å². The number of hydrogen-bond acceptors (Lipinski definition) is 7. The summed E-state index contributed by atoms with van der Waals surface area (Å²) in [5, 5.41) is 10.9. The predicted octanol–water partition coefficient (Wildman–Crippen LogP) is 3.48. The Kier molecular flexibility index (Phi) is 8.36. The van der Waals surface area contributed by atoms with Crippen LogP contribution in [-0.4, -0.2) is 64.7 Å². The number of hydrogen-bond donors (Lipinski definition) is 3. The second kappa shape index (κ2) is 11.7. The normalized spacial score (nSPS) is 29.6. The Bertz CT molecular complexity index is 1150. The van der Waals surface area contributed by atoms with Gasteiger partial charge in [-0.2, -0.15) is 5.10 Å². The van der Waals surface area contributed by atoms with E-state index in [-0.39, 0.29) is 41.5 Å². The van der Waals surface area contributed by atoms with Gasteiger partial charge in [0.05, 0.1) is 18.3 Å². The van der Waals surface area contributed by atoms with Crippen LogP contribution in [0.2, 0.25) is 0 Å². The van der Waals surface area contributed by atoms with E-state index in [0.29, 0.717) is 37.2 Å². The molecule has 1 aromatic rings. The highest BCUT2D eigenvalue weighted by atomic mass is 16.6. The first-order valence-corrected chi connectivity index (χ1v) is 15.0. The monoisotopic (exact) mass is 571 g/mol. The molecule has 2 heterocycles. The van der Waals surface area contributed by atoms with Crippen molar-refractivity contribution in [2.45, 2.75) is 89.8 Å². The first kappa shape index (κ1) is 29.4. The zero-order valence-corrected chi connectivity index (χ0v) is 24.7. The fourth-order valence-electron chi connectivity index (χ4n) is 7.43. The van der Waals surface area contributed by atoms with Crippen LogP contribution in [0.1, 0.15) is 83.0 Å². The average molecular weight is 572 g/mol. The number of primary amides is 1. The van der Waals surface area contributed by atoms with Crippen LogP contribution >= 0.6 is 0 Å². The van der Waals surface area contributed by atoms with E-state index in [1.807, 2.05) is 33.8 Å². The molecular formula is C30H45N5O6. The van der Waals surface area contributed by atoms with Gasteiger partial charge in [-0.3, -0.25) is 9.59 Å². The first-order chi connectivity index (χ1) is 19.4.